The first-order valence-corrected chi connectivity index (χ1v) is 39.2. The third kappa shape index (κ3) is 21.6. The first-order valence-electron chi connectivity index (χ1n) is 36.1. The Morgan fingerprint density at radius 1 is 0.441 bits per heavy atom. The van der Waals surface area contributed by atoms with E-state index in [0.29, 0.717) is 79.7 Å². The second-order valence-corrected chi connectivity index (χ2v) is 28.8. The van der Waals surface area contributed by atoms with Crippen molar-refractivity contribution in [3.05, 3.63) is 290 Å². The summed E-state index contributed by atoms with van der Waals surface area (Å²) in [5.74, 6) is -0.0369. The minimum atomic E-state index is -4.88. The monoisotopic (exact) mass is 1650 g/mol. The molecule has 10 aromatic rings. The molecular weight excluding hydrogens is 1570 g/mol. The molecule has 0 aliphatic heterocycles. The maximum atomic E-state index is 14.4. The molecule has 0 unspecified atom stereocenters. The summed E-state index contributed by atoms with van der Waals surface area (Å²) in [6.07, 6.45) is 12.1. The number of rotatable bonds is 29. The summed E-state index contributed by atoms with van der Waals surface area (Å²) in [6.45, 7) is 5.71. The number of phosphoric ester groups is 2. The summed E-state index contributed by atoms with van der Waals surface area (Å²) in [4.78, 5) is 91.5. The van der Waals surface area contributed by atoms with Crippen LogP contribution in [0.2, 0.25) is 0 Å². The van der Waals surface area contributed by atoms with E-state index in [0.717, 1.165) is 61.3 Å². The average Bonchev–Trinajstić information content (AvgIpc) is 1.61. The summed E-state index contributed by atoms with van der Waals surface area (Å²) in [7, 11) is -1.19. The quantitative estimate of drug-likeness (QED) is 0.00991. The minimum absolute atomic E-state index is 0.0298. The van der Waals surface area contributed by atoms with Crippen LogP contribution in [0.4, 0.5) is 13.2 Å². The molecule has 0 fully saturated rings. The Morgan fingerprint density at radius 3 is 1.17 bits per heavy atom. The summed E-state index contributed by atoms with van der Waals surface area (Å²) in [5, 5.41) is 8.54. The molecule has 0 radical (unpaired) electrons. The van der Waals surface area contributed by atoms with Gasteiger partial charge in [0.15, 0.2) is 34.5 Å². The first kappa shape index (κ1) is 85.9. The number of nitrogens with one attached hydrogen (secondary N) is 3. The SMILES string of the molecule is COc1cc(/C=C2/C(C)=C(CC(=O)NCc3cccnc3)c3cc(F)ccc32)cc(OC)c1OC(=O)c1ccccc1.COc1cc(/C=C2/C(C)=C(CC(=O)NCc3ccco3)c3cc(F)ccc32)cc(OC)c1OCOP(=O)(O)O.COc1cc(/C=C2/C(C)=C(CC(=O)NCc3ccco3)c3cc(F)ccc32)cc(OC)c1OP(=O)(O)O. The van der Waals surface area contributed by atoms with E-state index in [1.54, 1.807) is 109 Å². The van der Waals surface area contributed by atoms with Crippen molar-refractivity contribution in [1.82, 2.24) is 20.9 Å². The average molecular weight is 1650 g/mol. The standard InChI is InChI=1S/C34H29FN2O5.C27H27FNO9P.C26H25FNO8P/c1-21-27(14-23-15-30(40-2)33(31(16-23)41-3)42-34(39)24-9-5-4-6-10-24)26-12-11-25(35)17-29(26)28(21)18-32(38)37-20-22-8-7-13-36-19-22;1-16-21(9-17-10-24(34-2)27(25(11-17)35-3)37-15-38-39(31,32)33)20-7-6-18(28)12-23(20)22(16)13-26(30)29-14-19-5-4-8-36-19;1-15-20(9-16-10-23(33-2)26(24(11-16)34-3)36-37(30,31)32)19-7-6-17(27)12-22(19)21(15)13-25(29)28-14-18-5-4-8-35-18/h4-17,19H,18,20H2,1-3H3,(H,37,38);4-12H,13-15H2,1-3H3,(H,29,30)(H2,31,32,33);4-12H,13-14H2,1-3H3,(H,28,29)(H2,30,31,32)/b27-14-;21-9-;20-9-. The molecule has 13 rings (SSSR count). The predicted octanol–water partition coefficient (Wildman–Crippen LogP) is 16.3. The lowest BCUT2D eigenvalue weighted by Crippen LogP contribution is -2.22. The number of allylic oxidation sites excluding steroid dienone is 6. The lowest BCUT2D eigenvalue weighted by atomic mass is 10.00. The molecule has 7 aromatic carbocycles. The Bertz CT molecular complexity index is 5640. The number of halogens is 3. The first-order chi connectivity index (χ1) is 56.6. The van der Waals surface area contributed by atoms with Gasteiger partial charge in [-0.1, -0.05) is 42.5 Å². The molecule has 3 aliphatic carbocycles. The maximum Gasteiger partial charge on any atom is 0.525 e. The number of ether oxygens (including phenoxy) is 8. The van der Waals surface area contributed by atoms with Gasteiger partial charge in [-0.2, -0.15) is 0 Å². The zero-order valence-electron chi connectivity index (χ0n) is 65.1. The van der Waals surface area contributed by atoms with E-state index >= 15 is 0 Å². The second kappa shape index (κ2) is 38.6. The Morgan fingerprint density at radius 2 is 0.822 bits per heavy atom. The smallest absolute Gasteiger partial charge is 0.493 e. The number of benzene rings is 7. The van der Waals surface area contributed by atoms with Crippen LogP contribution < -0.4 is 58.4 Å². The number of pyridine rings is 1. The lowest BCUT2D eigenvalue weighted by molar-refractivity contribution is -0.121. The zero-order valence-corrected chi connectivity index (χ0v) is 66.9. The molecule has 0 bridgehead atoms. The molecule has 0 atom stereocenters. The van der Waals surface area contributed by atoms with Gasteiger partial charge in [-0.15, -0.1) is 0 Å². The van der Waals surface area contributed by atoms with Crippen LogP contribution in [0.3, 0.4) is 0 Å². The highest BCUT2D eigenvalue weighted by atomic mass is 31.2. The second-order valence-electron chi connectivity index (χ2n) is 26.4. The maximum absolute atomic E-state index is 14.4. The summed E-state index contributed by atoms with van der Waals surface area (Å²) in [6, 6.07) is 42.5. The van der Waals surface area contributed by atoms with Crippen LogP contribution in [0, 0.1) is 17.5 Å². The molecule has 26 nitrogen and oxygen atoms in total. The summed E-state index contributed by atoms with van der Waals surface area (Å²) >= 11 is 0. The Labute approximate surface area is 675 Å². The number of carbonyl (C=O) groups is 4. The van der Waals surface area contributed by atoms with Crippen LogP contribution in [0.1, 0.15) is 118 Å². The molecule has 0 saturated heterocycles. The fraction of sp³-hybridized carbons (Fsp3) is 0.184. The van der Waals surface area contributed by atoms with Crippen molar-refractivity contribution < 1.29 is 117 Å². The number of carbonyl (C=O) groups excluding carboxylic acids is 4. The van der Waals surface area contributed by atoms with E-state index < -0.39 is 40.0 Å². The van der Waals surface area contributed by atoms with Crippen molar-refractivity contribution in [2.45, 2.75) is 59.7 Å². The van der Waals surface area contributed by atoms with Gasteiger partial charge < -0.3 is 77.0 Å². The summed E-state index contributed by atoms with van der Waals surface area (Å²) in [5.41, 5.74) is 14.3. The molecular formula is C87H81F3N4O22P2. The van der Waals surface area contributed by atoms with Gasteiger partial charge in [0.25, 0.3) is 0 Å². The van der Waals surface area contributed by atoms with E-state index in [-0.39, 0.29) is 96.1 Å². The van der Waals surface area contributed by atoms with Gasteiger partial charge in [0.2, 0.25) is 41.8 Å². The van der Waals surface area contributed by atoms with Gasteiger partial charge in [-0.05, 0) is 260 Å². The fourth-order valence-corrected chi connectivity index (χ4v) is 13.9. The normalized spacial score (nSPS) is 13.7. The number of methoxy groups -OCH3 is 6. The highest BCUT2D eigenvalue weighted by Gasteiger charge is 2.32. The molecule has 0 saturated carbocycles. The van der Waals surface area contributed by atoms with Gasteiger partial charge >= 0.3 is 21.6 Å². The van der Waals surface area contributed by atoms with Crippen LogP contribution in [0.25, 0.3) is 51.7 Å². The number of phosphoric acid groups is 2. The number of amides is 3. The van der Waals surface area contributed by atoms with Crippen LogP contribution in [-0.2, 0) is 47.7 Å². The fourth-order valence-electron chi connectivity index (χ4n) is 13.3. The topological polar surface area (TPSA) is 351 Å². The third-order valence-electron chi connectivity index (χ3n) is 18.9. The van der Waals surface area contributed by atoms with Gasteiger partial charge in [-0.25, -0.2) is 31.6 Å². The number of fused-ring (bicyclic) bond motifs is 3. The predicted molar refractivity (Wildman–Crippen MR) is 433 cm³/mol. The highest BCUT2D eigenvalue weighted by molar-refractivity contribution is 7.46. The Kier molecular flexibility index (Phi) is 28.1. The van der Waals surface area contributed by atoms with Crippen LogP contribution in [0.5, 0.6) is 51.7 Å². The number of aromatic nitrogens is 1. The molecule has 3 amide bonds. The largest absolute Gasteiger partial charge is 0.525 e. The van der Waals surface area contributed by atoms with Gasteiger partial charge in [0, 0.05) is 18.9 Å². The van der Waals surface area contributed by atoms with Crippen molar-refractivity contribution in [3.8, 4) is 51.7 Å². The molecule has 3 aromatic heterocycles. The number of furan rings is 2. The highest BCUT2D eigenvalue weighted by Crippen LogP contribution is 2.52. The van der Waals surface area contributed by atoms with Crippen molar-refractivity contribution >= 4 is 91.0 Å². The van der Waals surface area contributed by atoms with E-state index in [2.05, 4.69) is 25.5 Å². The molecule has 118 heavy (non-hydrogen) atoms. The molecule has 0 spiro atoms. The van der Waals surface area contributed by atoms with Crippen molar-refractivity contribution in [2.24, 2.45) is 0 Å². The number of nitrogens with zero attached hydrogens (tertiary/aromatic N) is 1. The van der Waals surface area contributed by atoms with Crippen LogP contribution in [-0.4, -0.2) is 97.7 Å². The number of hydrogen-bond donors (Lipinski definition) is 7. The van der Waals surface area contributed by atoms with E-state index in [1.165, 1.54) is 104 Å². The van der Waals surface area contributed by atoms with Crippen molar-refractivity contribution in [1.29, 1.82) is 0 Å². The van der Waals surface area contributed by atoms with Crippen molar-refractivity contribution in [3.63, 3.8) is 0 Å². The molecule has 612 valence electrons. The summed E-state index contributed by atoms with van der Waals surface area (Å²) < 4.78 is 128. The number of esters is 1. The van der Waals surface area contributed by atoms with Crippen LogP contribution in [0.15, 0.2) is 208 Å². The molecule has 3 aliphatic rings. The van der Waals surface area contributed by atoms with Gasteiger partial charge in [-0.3, -0.25) is 29.2 Å². The molecule has 31 heteroatoms. The Hall–Kier alpha value is -13.0. The van der Waals surface area contributed by atoms with Crippen LogP contribution >= 0.6 is 15.6 Å². The zero-order chi connectivity index (χ0) is 84.5. The van der Waals surface area contributed by atoms with E-state index in [9.17, 15) is 51.3 Å². The van der Waals surface area contributed by atoms with E-state index in [4.69, 9.17) is 61.0 Å². The minimum Gasteiger partial charge on any atom is -0.493 e. The number of hydrogen-bond acceptors (Lipinski definition) is 19. The van der Waals surface area contributed by atoms with Gasteiger partial charge in [0.05, 0.1) is 93.1 Å². The van der Waals surface area contributed by atoms with Gasteiger partial charge in [0.1, 0.15) is 29.0 Å². The van der Waals surface area contributed by atoms with Crippen molar-refractivity contribution in [2.75, 3.05) is 49.5 Å². The molecule has 3 heterocycles. The van der Waals surface area contributed by atoms with E-state index in [1.807, 2.05) is 51.1 Å². The molecule has 7 N–H and O–H groups in total. The third-order valence-corrected chi connectivity index (χ3v) is 19.7. The lowest BCUT2D eigenvalue weighted by Gasteiger charge is -2.16. The Balaban J connectivity index is 0.000000174.